The Kier molecular flexibility index (Phi) is 8.91. The molecular formula is C12H24O5Si. The van der Waals surface area contributed by atoms with E-state index in [2.05, 4.69) is 6.58 Å². The number of hydrogen-bond donors (Lipinski definition) is 0. The number of hydrogen-bond acceptors (Lipinski definition) is 5. The van der Waals surface area contributed by atoms with Crippen LogP contribution in [0.25, 0.3) is 0 Å². The fraction of sp³-hybridized carbons (Fsp3) is 0.750. The molecule has 0 amide bonds. The molecule has 0 fully saturated rings. The minimum Gasteiger partial charge on any atom is -0.460 e. The zero-order valence-electron chi connectivity index (χ0n) is 11.7. The average Bonchev–Trinajstić information content (AvgIpc) is 2.29. The van der Waals surface area contributed by atoms with Gasteiger partial charge in [0.1, 0.15) is 6.10 Å². The van der Waals surface area contributed by atoms with Crippen LogP contribution in [0.5, 0.6) is 0 Å². The minimum absolute atomic E-state index is 0.327. The lowest BCUT2D eigenvalue weighted by molar-refractivity contribution is -0.141. The summed E-state index contributed by atoms with van der Waals surface area (Å²) >= 11 is 0. The van der Waals surface area contributed by atoms with Crippen LogP contribution in [0.3, 0.4) is 0 Å². The predicted octanol–water partition coefficient (Wildman–Crippen LogP) is 2.15. The minimum atomic E-state index is -2.75. The van der Waals surface area contributed by atoms with Crippen molar-refractivity contribution in [2.45, 2.75) is 39.8 Å². The van der Waals surface area contributed by atoms with E-state index in [9.17, 15) is 4.79 Å². The normalized spacial score (nSPS) is 13.1. The van der Waals surface area contributed by atoms with E-state index < -0.39 is 14.8 Å². The number of carbonyl (C=O) groups excluding carboxylic acids is 1. The summed E-state index contributed by atoms with van der Waals surface area (Å²) in [6, 6.07) is 0.447. The molecule has 0 aromatic rings. The molecule has 106 valence electrons. The summed E-state index contributed by atoms with van der Waals surface area (Å²) in [7, 11) is -2.75. The maximum atomic E-state index is 11.1. The van der Waals surface area contributed by atoms with Crippen molar-refractivity contribution < 1.29 is 22.8 Å². The highest BCUT2D eigenvalue weighted by molar-refractivity contribution is 6.60. The van der Waals surface area contributed by atoms with Crippen molar-refractivity contribution >= 4 is 14.8 Å². The van der Waals surface area contributed by atoms with Gasteiger partial charge in [-0.1, -0.05) is 6.58 Å². The van der Waals surface area contributed by atoms with Gasteiger partial charge in [0.15, 0.2) is 0 Å². The van der Waals surface area contributed by atoms with Crippen LogP contribution >= 0.6 is 0 Å². The van der Waals surface area contributed by atoms with Crippen molar-refractivity contribution in [3.63, 3.8) is 0 Å². The van der Waals surface area contributed by atoms with Crippen LogP contribution in [0.1, 0.15) is 27.7 Å². The Balaban J connectivity index is 4.62. The summed E-state index contributed by atoms with van der Waals surface area (Å²) in [4.78, 5) is 11.1. The Morgan fingerprint density at radius 2 is 1.61 bits per heavy atom. The molecule has 6 heteroatoms. The van der Waals surface area contributed by atoms with Crippen LogP contribution in [0.4, 0.5) is 0 Å². The molecular weight excluding hydrogens is 252 g/mol. The Morgan fingerprint density at radius 3 is 1.94 bits per heavy atom. The second-order valence-electron chi connectivity index (χ2n) is 3.64. The van der Waals surface area contributed by atoms with Crippen LogP contribution in [0.2, 0.25) is 6.04 Å². The van der Waals surface area contributed by atoms with Crippen molar-refractivity contribution in [2.75, 3.05) is 19.8 Å². The van der Waals surface area contributed by atoms with Gasteiger partial charge in [0, 0.05) is 25.9 Å². The third-order valence-electron chi connectivity index (χ3n) is 2.11. The van der Waals surface area contributed by atoms with Gasteiger partial charge < -0.3 is 18.0 Å². The first kappa shape index (κ1) is 17.3. The second-order valence-corrected chi connectivity index (χ2v) is 6.28. The zero-order chi connectivity index (χ0) is 14.0. The first-order valence-corrected chi connectivity index (χ1v) is 8.21. The Bertz CT molecular complexity index is 240. The van der Waals surface area contributed by atoms with Crippen molar-refractivity contribution in [3.05, 3.63) is 12.7 Å². The van der Waals surface area contributed by atoms with Gasteiger partial charge in [-0.3, -0.25) is 0 Å². The molecule has 0 heterocycles. The monoisotopic (exact) mass is 276 g/mol. The maximum absolute atomic E-state index is 11.1. The molecule has 0 aromatic carbocycles. The van der Waals surface area contributed by atoms with E-state index in [-0.39, 0.29) is 6.10 Å². The number of rotatable bonds is 10. The van der Waals surface area contributed by atoms with Gasteiger partial charge in [0.05, 0.1) is 6.04 Å². The third kappa shape index (κ3) is 6.30. The van der Waals surface area contributed by atoms with Gasteiger partial charge in [0.25, 0.3) is 0 Å². The molecule has 0 radical (unpaired) electrons. The molecule has 0 saturated heterocycles. The fourth-order valence-corrected chi connectivity index (χ4v) is 4.31. The van der Waals surface area contributed by atoms with Gasteiger partial charge in [-0.05, 0) is 27.7 Å². The number of ether oxygens (including phenoxy) is 1. The predicted molar refractivity (Wildman–Crippen MR) is 71.2 cm³/mol. The summed E-state index contributed by atoms with van der Waals surface area (Å²) in [6.07, 6.45) is 0.814. The van der Waals surface area contributed by atoms with E-state index in [4.69, 9.17) is 18.0 Å². The Morgan fingerprint density at radius 1 is 1.17 bits per heavy atom. The second kappa shape index (κ2) is 9.27. The molecule has 0 aliphatic heterocycles. The molecule has 0 aliphatic carbocycles. The van der Waals surface area contributed by atoms with Gasteiger partial charge >= 0.3 is 14.8 Å². The molecule has 1 atom stereocenters. The molecule has 0 saturated carbocycles. The molecule has 0 N–H and O–H groups in total. The molecule has 0 bridgehead atoms. The lowest BCUT2D eigenvalue weighted by Gasteiger charge is -2.30. The van der Waals surface area contributed by atoms with E-state index in [1.807, 2.05) is 20.8 Å². The van der Waals surface area contributed by atoms with E-state index in [1.54, 1.807) is 6.92 Å². The lowest BCUT2D eigenvalue weighted by Crippen LogP contribution is -2.48. The van der Waals surface area contributed by atoms with Crippen LogP contribution in [0.15, 0.2) is 12.7 Å². The van der Waals surface area contributed by atoms with Crippen LogP contribution in [-0.4, -0.2) is 40.7 Å². The molecule has 0 rings (SSSR count). The third-order valence-corrected chi connectivity index (χ3v) is 5.37. The summed E-state index contributed by atoms with van der Waals surface area (Å²) in [5.74, 6) is -0.449. The summed E-state index contributed by atoms with van der Waals surface area (Å²) in [6.45, 7) is 12.3. The highest BCUT2D eigenvalue weighted by atomic mass is 28.4. The number of esters is 1. The topological polar surface area (TPSA) is 54.0 Å². The van der Waals surface area contributed by atoms with E-state index in [0.717, 1.165) is 6.08 Å². The molecule has 0 spiro atoms. The zero-order valence-corrected chi connectivity index (χ0v) is 12.7. The average molecular weight is 276 g/mol. The first-order chi connectivity index (χ1) is 8.53. The molecule has 1 unspecified atom stereocenters. The van der Waals surface area contributed by atoms with Crippen molar-refractivity contribution in [3.8, 4) is 0 Å². The summed E-state index contributed by atoms with van der Waals surface area (Å²) in [5, 5.41) is 0. The fourth-order valence-electron chi connectivity index (χ4n) is 1.60. The van der Waals surface area contributed by atoms with E-state index in [0.29, 0.717) is 25.9 Å². The summed E-state index contributed by atoms with van der Waals surface area (Å²) < 4.78 is 22.2. The molecule has 18 heavy (non-hydrogen) atoms. The van der Waals surface area contributed by atoms with Crippen molar-refractivity contribution in [2.24, 2.45) is 0 Å². The SMILES string of the molecule is C=CC(=O)OC(C)C[Si](OCC)(OCC)OCC. The van der Waals surface area contributed by atoms with Gasteiger partial charge in [-0.25, -0.2) is 4.79 Å². The van der Waals surface area contributed by atoms with Crippen LogP contribution in [-0.2, 0) is 22.8 Å². The smallest absolute Gasteiger partial charge is 0.460 e. The summed E-state index contributed by atoms with van der Waals surface area (Å²) in [5.41, 5.74) is 0. The molecule has 5 nitrogen and oxygen atoms in total. The quantitative estimate of drug-likeness (QED) is 0.348. The van der Waals surface area contributed by atoms with Crippen LogP contribution in [0, 0.1) is 0 Å². The van der Waals surface area contributed by atoms with E-state index in [1.165, 1.54) is 0 Å². The van der Waals surface area contributed by atoms with Crippen molar-refractivity contribution in [1.29, 1.82) is 0 Å². The van der Waals surface area contributed by atoms with E-state index >= 15 is 0 Å². The highest BCUT2D eigenvalue weighted by Gasteiger charge is 2.42. The molecule has 0 aliphatic rings. The maximum Gasteiger partial charge on any atom is 0.504 e. The Labute approximate surface area is 110 Å². The number of carbonyl (C=O) groups is 1. The van der Waals surface area contributed by atoms with Crippen molar-refractivity contribution in [1.82, 2.24) is 0 Å². The van der Waals surface area contributed by atoms with Gasteiger partial charge in [0.2, 0.25) is 0 Å². The van der Waals surface area contributed by atoms with Crippen LogP contribution < -0.4 is 0 Å². The Hall–Kier alpha value is -0.693. The highest BCUT2D eigenvalue weighted by Crippen LogP contribution is 2.20. The molecule has 0 aromatic heterocycles. The van der Waals surface area contributed by atoms with Gasteiger partial charge in [-0.2, -0.15) is 0 Å². The first-order valence-electron chi connectivity index (χ1n) is 6.28. The van der Waals surface area contributed by atoms with Gasteiger partial charge in [-0.15, -0.1) is 0 Å². The standard InChI is InChI=1S/C12H24O5Si/c1-6-12(13)17-11(5)10-18(14-7-2,15-8-3)16-9-4/h6,11H,1,7-10H2,2-5H3. The lowest BCUT2D eigenvalue weighted by atomic mass is 10.5. The largest absolute Gasteiger partial charge is 0.504 e.